The molecule has 0 atom stereocenters. The molecule has 4 rings (SSSR count). The summed E-state index contributed by atoms with van der Waals surface area (Å²) in [4.78, 5) is 37.5. The molecule has 2 aliphatic heterocycles. The molecule has 1 fully saturated rings. The second-order valence-corrected chi connectivity index (χ2v) is 9.41. The first-order chi connectivity index (χ1) is 17.0. The van der Waals surface area contributed by atoms with Crippen molar-refractivity contribution in [3.8, 4) is 6.01 Å². The third-order valence-electron chi connectivity index (χ3n) is 6.64. The number of halogens is 2. The number of hydrogen-bond donors (Lipinski definition) is 1. The fourth-order valence-corrected chi connectivity index (χ4v) is 4.63. The molecule has 11 nitrogen and oxygen atoms in total. The van der Waals surface area contributed by atoms with Gasteiger partial charge >= 0.3 is 12.1 Å². The van der Waals surface area contributed by atoms with Crippen molar-refractivity contribution in [3.63, 3.8) is 0 Å². The van der Waals surface area contributed by atoms with E-state index >= 15 is 4.39 Å². The minimum atomic E-state index is -2.02. The average Bonchev–Trinajstić information content (AvgIpc) is 3.33. The average molecular weight is 508 g/mol. The zero-order valence-corrected chi connectivity index (χ0v) is 21.1. The molecule has 36 heavy (non-hydrogen) atoms. The summed E-state index contributed by atoms with van der Waals surface area (Å²) in [5.41, 5.74) is -2.33. The molecule has 0 bridgehead atoms. The first-order valence-corrected chi connectivity index (χ1v) is 11.9. The van der Waals surface area contributed by atoms with Crippen molar-refractivity contribution < 1.29 is 27.8 Å². The number of carbonyl (C=O) groups excluding carboxylic acids is 2. The van der Waals surface area contributed by atoms with E-state index in [2.05, 4.69) is 20.4 Å². The lowest BCUT2D eigenvalue weighted by Crippen LogP contribution is -2.54. The topological polar surface area (TPSA) is 115 Å². The summed E-state index contributed by atoms with van der Waals surface area (Å²) in [7, 11) is 1.88. The molecule has 0 unspecified atom stereocenters. The third kappa shape index (κ3) is 4.47. The Morgan fingerprint density at radius 2 is 1.86 bits per heavy atom. The minimum Gasteiger partial charge on any atom is -0.464 e. The molecule has 0 aliphatic carbocycles. The lowest BCUT2D eigenvalue weighted by molar-refractivity contribution is -0.153. The van der Waals surface area contributed by atoms with E-state index < -0.39 is 29.0 Å². The summed E-state index contributed by atoms with van der Waals surface area (Å²) in [6.45, 7) is 8.09. The molecule has 0 radical (unpaired) electrons. The summed E-state index contributed by atoms with van der Waals surface area (Å²) < 4.78 is 41.8. The number of rotatable bonds is 6. The fraction of sp³-hybridized carbons (Fsp3) is 0.609. The van der Waals surface area contributed by atoms with E-state index in [1.165, 1.54) is 4.90 Å². The number of fused-ring (bicyclic) bond motifs is 1. The number of likely N-dealkylation sites (tertiary alicyclic amines) is 1. The number of hydrogen-bond acceptors (Lipinski definition) is 9. The Labute approximate surface area is 207 Å². The van der Waals surface area contributed by atoms with Crippen LogP contribution >= 0.6 is 0 Å². The van der Waals surface area contributed by atoms with Crippen molar-refractivity contribution in [1.29, 1.82) is 0 Å². The van der Waals surface area contributed by atoms with Crippen LogP contribution in [0.4, 0.5) is 25.2 Å². The van der Waals surface area contributed by atoms with Crippen LogP contribution in [0.15, 0.2) is 6.20 Å². The number of aromatic nitrogens is 4. The van der Waals surface area contributed by atoms with Gasteiger partial charge in [-0.25, -0.2) is 18.6 Å². The van der Waals surface area contributed by atoms with Crippen LogP contribution in [0.2, 0.25) is 0 Å². The Kier molecular flexibility index (Phi) is 6.86. The summed E-state index contributed by atoms with van der Waals surface area (Å²) in [5, 5.41) is 7.11. The van der Waals surface area contributed by atoms with Crippen LogP contribution in [-0.2, 0) is 21.6 Å². The van der Waals surface area contributed by atoms with E-state index in [-0.39, 0.29) is 50.2 Å². The van der Waals surface area contributed by atoms with Crippen LogP contribution in [0.3, 0.4) is 0 Å². The predicted octanol–water partition coefficient (Wildman–Crippen LogP) is 2.97. The van der Waals surface area contributed by atoms with Gasteiger partial charge in [-0.1, -0.05) is 0 Å². The van der Waals surface area contributed by atoms with Crippen molar-refractivity contribution >= 4 is 23.6 Å². The van der Waals surface area contributed by atoms with Crippen LogP contribution in [0, 0.1) is 5.82 Å². The zero-order valence-electron chi connectivity index (χ0n) is 21.1. The molecule has 1 saturated heterocycles. The molecule has 0 saturated carbocycles. The number of alkyl halides is 1. The van der Waals surface area contributed by atoms with E-state index in [9.17, 15) is 14.0 Å². The summed E-state index contributed by atoms with van der Waals surface area (Å²) in [6, 6.07) is -0.0401. The number of carbonyl (C=O) groups is 2. The van der Waals surface area contributed by atoms with Crippen molar-refractivity contribution in [2.24, 2.45) is 0 Å². The maximum atomic E-state index is 15.8. The lowest BCUT2D eigenvalue weighted by Gasteiger charge is -2.40. The van der Waals surface area contributed by atoms with E-state index in [4.69, 9.17) is 9.47 Å². The van der Waals surface area contributed by atoms with Crippen molar-refractivity contribution in [2.75, 3.05) is 38.7 Å². The smallest absolute Gasteiger partial charge is 0.435 e. The molecule has 2 aliphatic rings. The van der Waals surface area contributed by atoms with Gasteiger partial charge in [-0.05, 0) is 34.7 Å². The van der Waals surface area contributed by atoms with Crippen molar-refractivity contribution in [3.05, 3.63) is 23.3 Å². The Balaban J connectivity index is 1.74. The van der Waals surface area contributed by atoms with Gasteiger partial charge in [-0.3, -0.25) is 4.79 Å². The summed E-state index contributed by atoms with van der Waals surface area (Å²) >= 11 is 0. The molecule has 2 aromatic rings. The highest BCUT2D eigenvalue weighted by molar-refractivity contribution is 5.88. The first-order valence-electron chi connectivity index (χ1n) is 11.9. The van der Waals surface area contributed by atoms with Gasteiger partial charge in [-0.15, -0.1) is 5.10 Å². The van der Waals surface area contributed by atoms with E-state index in [0.29, 0.717) is 24.3 Å². The quantitative estimate of drug-likeness (QED) is 0.630. The minimum absolute atomic E-state index is 0.0323. The zero-order chi connectivity index (χ0) is 26.3. The Hall–Kier alpha value is -3.35. The van der Waals surface area contributed by atoms with Gasteiger partial charge in [0.1, 0.15) is 0 Å². The molecular weight excluding hydrogens is 476 g/mol. The van der Waals surface area contributed by atoms with Gasteiger partial charge < -0.3 is 24.6 Å². The van der Waals surface area contributed by atoms with Gasteiger partial charge in [0.2, 0.25) is 0 Å². The SMILES string of the molecule is CCOC(=O)n1nc(Nc2nc(OCC)ncc2F)c2c1C(C)(C)N(C(=O)C1(F)CCN(C)CC1)C2. The predicted molar refractivity (Wildman–Crippen MR) is 125 cm³/mol. The Morgan fingerprint density at radius 3 is 2.50 bits per heavy atom. The monoisotopic (exact) mass is 507 g/mol. The number of amides is 1. The second kappa shape index (κ2) is 9.60. The number of nitrogens with zero attached hydrogens (tertiary/aromatic N) is 6. The van der Waals surface area contributed by atoms with Gasteiger partial charge in [-0.2, -0.15) is 9.67 Å². The number of piperidine rings is 1. The van der Waals surface area contributed by atoms with Crippen molar-refractivity contribution in [1.82, 2.24) is 29.5 Å². The maximum Gasteiger partial charge on any atom is 0.435 e. The molecular formula is C23H31F2N7O4. The number of ether oxygens (including phenoxy) is 2. The van der Waals surface area contributed by atoms with Crippen LogP contribution in [0.5, 0.6) is 6.01 Å². The van der Waals surface area contributed by atoms with Crippen LogP contribution in [0.1, 0.15) is 51.8 Å². The molecule has 1 amide bonds. The standard InChI is InChI=1S/C23H31F2N7O4/c1-6-35-20-26-12-15(24)18(28-20)27-17-14-13-31(19(33)23(25)8-10-30(5)11-9-23)22(3,4)16(14)32(29-17)21(34)36-7-2/h12H,6-11,13H2,1-5H3,(H,26,27,28,29). The van der Waals surface area contributed by atoms with Crippen LogP contribution in [-0.4, -0.2) is 80.6 Å². The molecule has 0 spiro atoms. The van der Waals surface area contributed by atoms with Gasteiger partial charge in [0, 0.05) is 31.5 Å². The Bertz CT molecular complexity index is 1160. The van der Waals surface area contributed by atoms with E-state index in [1.807, 2.05) is 11.9 Å². The summed E-state index contributed by atoms with van der Waals surface area (Å²) in [5.74, 6) is -1.54. The Morgan fingerprint density at radius 1 is 1.17 bits per heavy atom. The highest BCUT2D eigenvalue weighted by atomic mass is 19.1. The molecule has 13 heteroatoms. The normalized spacial score (nSPS) is 18.6. The van der Waals surface area contributed by atoms with Crippen molar-refractivity contribution in [2.45, 2.75) is 58.3 Å². The second-order valence-electron chi connectivity index (χ2n) is 9.41. The van der Waals surface area contributed by atoms with Gasteiger partial charge in [0.25, 0.3) is 5.91 Å². The van der Waals surface area contributed by atoms with Crippen LogP contribution < -0.4 is 10.1 Å². The first kappa shape index (κ1) is 25.7. The summed E-state index contributed by atoms with van der Waals surface area (Å²) in [6.07, 6.45) is 0.339. The van der Waals surface area contributed by atoms with E-state index in [1.54, 1.807) is 27.7 Å². The third-order valence-corrected chi connectivity index (χ3v) is 6.64. The highest BCUT2D eigenvalue weighted by Crippen LogP contribution is 2.45. The molecule has 1 N–H and O–H groups in total. The lowest BCUT2D eigenvalue weighted by atomic mass is 9.90. The molecule has 0 aromatic carbocycles. The van der Waals surface area contributed by atoms with Gasteiger partial charge in [0.15, 0.2) is 23.1 Å². The largest absolute Gasteiger partial charge is 0.464 e. The molecule has 2 aromatic heterocycles. The molecule has 4 heterocycles. The highest BCUT2D eigenvalue weighted by Gasteiger charge is 2.53. The van der Waals surface area contributed by atoms with E-state index in [0.717, 1.165) is 10.9 Å². The van der Waals surface area contributed by atoms with Gasteiger partial charge in [0.05, 0.1) is 37.2 Å². The number of nitrogens with one attached hydrogen (secondary N) is 1. The maximum absolute atomic E-state index is 15.8. The number of anilines is 2. The van der Waals surface area contributed by atoms with Crippen LogP contribution in [0.25, 0.3) is 0 Å². The molecule has 196 valence electrons. The fourth-order valence-electron chi connectivity index (χ4n) is 4.63.